The van der Waals surface area contributed by atoms with E-state index < -0.39 is 10.0 Å². The van der Waals surface area contributed by atoms with Gasteiger partial charge in [-0.05, 0) is 40.2 Å². The molecule has 2 N–H and O–H groups in total. The summed E-state index contributed by atoms with van der Waals surface area (Å²) in [6.07, 6.45) is 1.63. The lowest BCUT2D eigenvalue weighted by atomic mass is 10.1. The first-order chi connectivity index (χ1) is 15.2. The van der Waals surface area contributed by atoms with E-state index in [0.29, 0.717) is 26.7 Å². The molecule has 0 bridgehead atoms. The number of nitrogens with zero attached hydrogens (tertiary/aromatic N) is 3. The first-order valence-corrected chi connectivity index (χ1v) is 12.6. The van der Waals surface area contributed by atoms with Gasteiger partial charge in [0.25, 0.3) is 0 Å². The van der Waals surface area contributed by atoms with Crippen LogP contribution in [0.5, 0.6) is 0 Å². The van der Waals surface area contributed by atoms with Gasteiger partial charge in [0.15, 0.2) is 5.65 Å². The van der Waals surface area contributed by atoms with E-state index in [1.807, 2.05) is 18.2 Å². The zero-order chi connectivity index (χ0) is 22.9. The molecule has 4 rings (SSSR count). The third-order valence-corrected chi connectivity index (χ3v) is 7.21. The standard InChI is InChI=1S/C20H15BrCl3N5O2S.CH4/c21-16-11-26-29-19(10-18(28-20(16)29)15-3-1-2-4-17(15)24)25-5-6-27-32(30,31)14-8-12(22)7-13(23)9-14;/h1-4,7-11,25,27H,5-6H2;1H4. The van der Waals surface area contributed by atoms with E-state index in [-0.39, 0.29) is 35.5 Å². The molecular weight excluding hydrogens is 573 g/mol. The number of aromatic nitrogens is 3. The molecule has 174 valence electrons. The summed E-state index contributed by atoms with van der Waals surface area (Å²) < 4.78 is 29.9. The van der Waals surface area contributed by atoms with Crippen LogP contribution in [-0.4, -0.2) is 36.1 Å². The summed E-state index contributed by atoms with van der Waals surface area (Å²) in [7, 11) is -3.77. The highest BCUT2D eigenvalue weighted by atomic mass is 79.9. The predicted molar refractivity (Wildman–Crippen MR) is 138 cm³/mol. The van der Waals surface area contributed by atoms with Crippen LogP contribution in [0.25, 0.3) is 16.9 Å². The second kappa shape index (κ2) is 10.6. The van der Waals surface area contributed by atoms with Gasteiger partial charge in [0, 0.05) is 39.8 Å². The number of benzene rings is 2. The number of hydrogen-bond acceptors (Lipinski definition) is 5. The molecule has 0 atom stereocenters. The van der Waals surface area contributed by atoms with Gasteiger partial charge in [-0.15, -0.1) is 0 Å². The Labute approximate surface area is 215 Å². The summed E-state index contributed by atoms with van der Waals surface area (Å²) in [5, 5.41) is 8.56. The van der Waals surface area contributed by atoms with E-state index >= 15 is 0 Å². The Morgan fingerprint density at radius 2 is 1.70 bits per heavy atom. The van der Waals surface area contributed by atoms with Gasteiger partial charge in [-0.25, -0.2) is 18.1 Å². The van der Waals surface area contributed by atoms with Crippen LogP contribution >= 0.6 is 50.7 Å². The molecule has 0 fully saturated rings. The second-order valence-electron chi connectivity index (χ2n) is 6.66. The topological polar surface area (TPSA) is 88.4 Å². The fourth-order valence-corrected chi connectivity index (χ4v) is 5.35. The van der Waals surface area contributed by atoms with Crippen molar-refractivity contribution in [2.24, 2.45) is 0 Å². The molecule has 4 aromatic rings. The lowest BCUT2D eigenvalue weighted by Gasteiger charge is -2.12. The molecule has 33 heavy (non-hydrogen) atoms. The number of rotatable bonds is 7. The van der Waals surface area contributed by atoms with E-state index in [2.05, 4.69) is 36.1 Å². The van der Waals surface area contributed by atoms with Crippen LogP contribution < -0.4 is 10.0 Å². The van der Waals surface area contributed by atoms with Crippen molar-refractivity contribution in [3.05, 3.63) is 74.3 Å². The quantitative estimate of drug-likeness (QED) is 0.252. The van der Waals surface area contributed by atoms with Crippen molar-refractivity contribution in [1.82, 2.24) is 19.3 Å². The van der Waals surface area contributed by atoms with Gasteiger partial charge in [-0.1, -0.05) is 60.4 Å². The summed E-state index contributed by atoms with van der Waals surface area (Å²) in [5.74, 6) is 0.626. The van der Waals surface area contributed by atoms with Crippen molar-refractivity contribution in [3.63, 3.8) is 0 Å². The molecule has 2 aromatic heterocycles. The first-order valence-electron chi connectivity index (χ1n) is 9.23. The monoisotopic (exact) mass is 589 g/mol. The molecular formula is C21H19BrCl3N5O2S. The highest BCUT2D eigenvalue weighted by molar-refractivity contribution is 9.10. The SMILES string of the molecule is C.O=S(=O)(NCCNc1cc(-c2ccccc2Cl)nc2c(Br)cnn12)c1cc(Cl)cc(Cl)c1. The third kappa shape index (κ3) is 5.79. The van der Waals surface area contributed by atoms with Crippen LogP contribution in [0.2, 0.25) is 15.1 Å². The van der Waals surface area contributed by atoms with E-state index in [0.717, 1.165) is 5.56 Å². The molecule has 0 unspecified atom stereocenters. The zero-order valence-corrected chi connectivity index (χ0v) is 20.9. The van der Waals surface area contributed by atoms with Gasteiger partial charge in [0.2, 0.25) is 10.0 Å². The minimum Gasteiger partial charge on any atom is -0.369 e. The van der Waals surface area contributed by atoms with Crippen LogP contribution in [-0.2, 0) is 10.0 Å². The normalized spacial score (nSPS) is 11.4. The number of fused-ring (bicyclic) bond motifs is 1. The summed E-state index contributed by atoms with van der Waals surface area (Å²) >= 11 is 21.6. The molecule has 2 heterocycles. The van der Waals surface area contributed by atoms with Crippen molar-refractivity contribution >= 4 is 72.2 Å². The van der Waals surface area contributed by atoms with Crippen LogP contribution in [0.3, 0.4) is 0 Å². The summed E-state index contributed by atoms with van der Waals surface area (Å²) in [5.41, 5.74) is 2.02. The Morgan fingerprint density at radius 1 is 1.00 bits per heavy atom. The molecule has 7 nitrogen and oxygen atoms in total. The molecule has 0 saturated heterocycles. The van der Waals surface area contributed by atoms with E-state index in [1.165, 1.54) is 18.2 Å². The zero-order valence-electron chi connectivity index (χ0n) is 16.2. The van der Waals surface area contributed by atoms with Crippen LogP contribution in [0.4, 0.5) is 5.82 Å². The van der Waals surface area contributed by atoms with Crippen molar-refractivity contribution < 1.29 is 8.42 Å². The van der Waals surface area contributed by atoms with Gasteiger partial charge in [0.1, 0.15) is 5.82 Å². The molecule has 0 saturated carbocycles. The van der Waals surface area contributed by atoms with Crippen LogP contribution in [0.15, 0.2) is 64.1 Å². The molecule has 0 aliphatic heterocycles. The fourth-order valence-electron chi connectivity index (χ4n) is 3.01. The van der Waals surface area contributed by atoms with Crippen LogP contribution in [0.1, 0.15) is 7.43 Å². The average Bonchev–Trinajstić information content (AvgIpc) is 3.12. The minimum atomic E-state index is -3.77. The third-order valence-electron chi connectivity index (χ3n) is 4.45. The van der Waals surface area contributed by atoms with Gasteiger partial charge in [-0.3, -0.25) is 0 Å². The summed E-state index contributed by atoms with van der Waals surface area (Å²) in [4.78, 5) is 4.64. The molecule has 0 amide bonds. The van der Waals surface area contributed by atoms with Gasteiger partial charge >= 0.3 is 0 Å². The summed E-state index contributed by atoms with van der Waals surface area (Å²) in [6.45, 7) is 0.395. The van der Waals surface area contributed by atoms with Crippen molar-refractivity contribution in [2.45, 2.75) is 12.3 Å². The van der Waals surface area contributed by atoms with Gasteiger partial charge in [-0.2, -0.15) is 9.61 Å². The lowest BCUT2D eigenvalue weighted by molar-refractivity contribution is 0.583. The van der Waals surface area contributed by atoms with Crippen LogP contribution in [0, 0.1) is 0 Å². The minimum absolute atomic E-state index is 0. The second-order valence-corrected chi connectivity index (χ2v) is 10.6. The van der Waals surface area contributed by atoms with Crippen molar-refractivity contribution in [1.29, 1.82) is 0 Å². The maximum atomic E-state index is 12.5. The first kappa shape index (κ1) is 25.7. The number of halogens is 4. The number of hydrogen-bond donors (Lipinski definition) is 2. The summed E-state index contributed by atoms with van der Waals surface area (Å²) in [6, 6.07) is 13.3. The molecule has 0 aliphatic rings. The van der Waals surface area contributed by atoms with Crippen molar-refractivity contribution in [2.75, 3.05) is 18.4 Å². The Kier molecular flexibility index (Phi) is 8.26. The molecule has 0 aliphatic carbocycles. The fraction of sp³-hybridized carbons (Fsp3) is 0.143. The highest BCUT2D eigenvalue weighted by Gasteiger charge is 2.16. The Hall–Kier alpha value is -1.88. The van der Waals surface area contributed by atoms with E-state index in [9.17, 15) is 8.42 Å². The Bertz CT molecular complexity index is 1390. The maximum Gasteiger partial charge on any atom is 0.240 e. The smallest absolute Gasteiger partial charge is 0.240 e. The Balaban J connectivity index is 0.00000306. The number of sulfonamides is 1. The van der Waals surface area contributed by atoms with E-state index in [1.54, 1.807) is 22.8 Å². The maximum absolute atomic E-state index is 12.5. The molecule has 2 aromatic carbocycles. The lowest BCUT2D eigenvalue weighted by Crippen LogP contribution is -2.29. The highest BCUT2D eigenvalue weighted by Crippen LogP contribution is 2.30. The predicted octanol–water partition coefficient (Wildman–Crippen LogP) is 6.15. The molecule has 0 radical (unpaired) electrons. The molecule has 0 spiro atoms. The number of anilines is 1. The average molecular weight is 592 g/mol. The Morgan fingerprint density at radius 3 is 2.39 bits per heavy atom. The molecule has 12 heteroatoms. The van der Waals surface area contributed by atoms with Gasteiger partial charge in [0.05, 0.1) is 21.3 Å². The van der Waals surface area contributed by atoms with Gasteiger partial charge < -0.3 is 5.32 Å². The number of nitrogens with one attached hydrogen (secondary N) is 2. The largest absolute Gasteiger partial charge is 0.369 e. The van der Waals surface area contributed by atoms with Crippen molar-refractivity contribution in [3.8, 4) is 11.3 Å². The van der Waals surface area contributed by atoms with E-state index in [4.69, 9.17) is 34.8 Å².